The molecule has 52 heavy (non-hydrogen) atoms. The summed E-state index contributed by atoms with van der Waals surface area (Å²) in [5, 5.41) is 6.88. The minimum absolute atomic E-state index is 0.883. The number of hydrogen-bond donors (Lipinski definition) is 0. The third-order valence-electron chi connectivity index (χ3n) is 10.2. The predicted octanol–water partition coefficient (Wildman–Crippen LogP) is 14.4. The van der Waals surface area contributed by atoms with Crippen LogP contribution in [0.3, 0.4) is 0 Å². The summed E-state index contributed by atoms with van der Waals surface area (Å²) in [5.74, 6) is 0. The Hall–Kier alpha value is -6.90. The summed E-state index contributed by atoms with van der Waals surface area (Å²) in [4.78, 5) is 2.42. The molecule has 0 N–H and O–H groups in total. The molecule has 10 rings (SSSR count). The van der Waals surface area contributed by atoms with Gasteiger partial charge in [0.05, 0.1) is 11.4 Å². The lowest BCUT2D eigenvalue weighted by Crippen LogP contribution is -2.11. The fourth-order valence-electron chi connectivity index (χ4n) is 7.78. The van der Waals surface area contributed by atoms with Crippen molar-refractivity contribution in [1.82, 2.24) is 0 Å². The Morgan fingerprint density at radius 3 is 1.79 bits per heavy atom. The van der Waals surface area contributed by atoms with E-state index in [0.29, 0.717) is 0 Å². The van der Waals surface area contributed by atoms with Crippen molar-refractivity contribution < 1.29 is 4.42 Å². The number of rotatable bonds is 6. The molecule has 9 aromatic carbocycles. The second-order valence-corrected chi connectivity index (χ2v) is 13.3. The first kappa shape index (κ1) is 30.0. The molecule has 0 aliphatic carbocycles. The topological polar surface area (TPSA) is 16.4 Å². The molecule has 0 saturated carbocycles. The molecule has 10 aromatic rings. The number of benzene rings is 9. The zero-order valence-electron chi connectivity index (χ0n) is 28.4. The summed E-state index contributed by atoms with van der Waals surface area (Å²) >= 11 is 0. The maximum Gasteiger partial charge on any atom is 0.143 e. The monoisotopic (exact) mass is 663 g/mol. The van der Waals surface area contributed by atoms with E-state index in [4.69, 9.17) is 4.42 Å². The second kappa shape index (κ2) is 12.5. The zero-order chi connectivity index (χ0) is 34.4. The normalized spacial score (nSPS) is 11.5. The van der Waals surface area contributed by atoms with Crippen molar-refractivity contribution in [2.24, 2.45) is 0 Å². The minimum Gasteiger partial charge on any atom is -0.455 e. The summed E-state index contributed by atoms with van der Waals surface area (Å²) in [6.45, 7) is 0. The lowest BCUT2D eigenvalue weighted by atomic mass is 9.95. The number of furan rings is 1. The van der Waals surface area contributed by atoms with Crippen LogP contribution >= 0.6 is 0 Å². The SMILES string of the molecule is c1ccc(-c2ccc(-c3ccccc3N(c3ccccc3)c3cc4c(oc5cccc(-c6ccc7ccccc7c6)c54)c4ccccc34)cc2)cc1. The Morgan fingerprint density at radius 2 is 0.962 bits per heavy atom. The molecule has 0 unspecified atom stereocenters. The van der Waals surface area contributed by atoms with Crippen LogP contribution in [0.2, 0.25) is 0 Å². The predicted molar refractivity (Wildman–Crippen MR) is 220 cm³/mol. The van der Waals surface area contributed by atoms with Gasteiger partial charge in [-0.15, -0.1) is 0 Å². The average molecular weight is 664 g/mol. The number of fused-ring (bicyclic) bond motifs is 6. The van der Waals surface area contributed by atoms with Gasteiger partial charge >= 0.3 is 0 Å². The highest BCUT2D eigenvalue weighted by atomic mass is 16.3. The van der Waals surface area contributed by atoms with Gasteiger partial charge in [0.15, 0.2) is 0 Å². The molecule has 0 bridgehead atoms. The molecule has 2 nitrogen and oxygen atoms in total. The van der Waals surface area contributed by atoms with Crippen LogP contribution in [-0.4, -0.2) is 0 Å². The maximum absolute atomic E-state index is 6.78. The fraction of sp³-hybridized carbons (Fsp3) is 0. The first-order chi connectivity index (χ1) is 25.8. The van der Waals surface area contributed by atoms with Gasteiger partial charge in [-0.2, -0.15) is 0 Å². The van der Waals surface area contributed by atoms with Crippen molar-refractivity contribution in [3.8, 4) is 33.4 Å². The number of nitrogens with zero attached hydrogens (tertiary/aromatic N) is 1. The van der Waals surface area contributed by atoms with E-state index in [1.807, 2.05) is 0 Å². The van der Waals surface area contributed by atoms with E-state index in [0.717, 1.165) is 66.5 Å². The van der Waals surface area contributed by atoms with E-state index in [2.05, 4.69) is 205 Å². The van der Waals surface area contributed by atoms with E-state index in [9.17, 15) is 0 Å². The van der Waals surface area contributed by atoms with Crippen LogP contribution in [0.5, 0.6) is 0 Å². The van der Waals surface area contributed by atoms with E-state index in [1.165, 1.54) is 27.5 Å². The summed E-state index contributed by atoms with van der Waals surface area (Å²) in [6, 6.07) is 71.6. The molecule has 0 saturated heterocycles. The minimum atomic E-state index is 0.883. The molecule has 244 valence electrons. The standard InChI is InChI=1S/C50H33NO/c1-3-14-34(15-4-1)36-26-29-37(30-27-36)41-20-11-12-24-46(41)51(40-18-5-2-6-19-40)47-33-45-49-42(39-31-28-35-16-7-8-17-38(35)32-39)23-13-25-48(49)52-50(45)44-22-10-9-21-43(44)47/h1-33H. The molecular weight excluding hydrogens is 631 g/mol. The first-order valence-electron chi connectivity index (χ1n) is 17.8. The van der Waals surface area contributed by atoms with Crippen LogP contribution < -0.4 is 4.90 Å². The largest absolute Gasteiger partial charge is 0.455 e. The van der Waals surface area contributed by atoms with Crippen molar-refractivity contribution in [3.05, 3.63) is 200 Å². The molecule has 0 spiro atoms. The zero-order valence-corrected chi connectivity index (χ0v) is 28.4. The molecule has 0 aliphatic rings. The Morgan fingerprint density at radius 1 is 0.346 bits per heavy atom. The highest BCUT2D eigenvalue weighted by Crippen LogP contribution is 2.48. The molecule has 0 atom stereocenters. The van der Waals surface area contributed by atoms with E-state index < -0.39 is 0 Å². The average Bonchev–Trinajstić information content (AvgIpc) is 3.61. The summed E-state index contributed by atoms with van der Waals surface area (Å²) in [5.41, 5.74) is 12.1. The molecule has 2 heteroatoms. The van der Waals surface area contributed by atoms with Gasteiger partial charge in [-0.05, 0) is 75.0 Å². The van der Waals surface area contributed by atoms with Crippen molar-refractivity contribution in [2.75, 3.05) is 4.90 Å². The van der Waals surface area contributed by atoms with Crippen LogP contribution in [0.15, 0.2) is 205 Å². The van der Waals surface area contributed by atoms with Crippen LogP contribution in [0, 0.1) is 0 Å². The Bertz CT molecular complexity index is 2890. The lowest BCUT2D eigenvalue weighted by Gasteiger charge is -2.29. The van der Waals surface area contributed by atoms with Crippen LogP contribution in [0.4, 0.5) is 17.1 Å². The highest BCUT2D eigenvalue weighted by molar-refractivity contribution is 6.23. The van der Waals surface area contributed by atoms with Gasteiger partial charge in [-0.3, -0.25) is 0 Å². The third kappa shape index (κ3) is 5.04. The van der Waals surface area contributed by atoms with Crippen LogP contribution in [-0.2, 0) is 0 Å². The van der Waals surface area contributed by atoms with Gasteiger partial charge in [-0.25, -0.2) is 0 Å². The van der Waals surface area contributed by atoms with E-state index in [1.54, 1.807) is 0 Å². The van der Waals surface area contributed by atoms with Gasteiger partial charge < -0.3 is 9.32 Å². The Balaban J connectivity index is 1.22. The lowest BCUT2D eigenvalue weighted by molar-refractivity contribution is 0.673. The van der Waals surface area contributed by atoms with Crippen molar-refractivity contribution in [1.29, 1.82) is 0 Å². The van der Waals surface area contributed by atoms with Crippen LogP contribution in [0.25, 0.3) is 76.9 Å². The number of anilines is 3. The van der Waals surface area contributed by atoms with Gasteiger partial charge in [-0.1, -0.05) is 164 Å². The van der Waals surface area contributed by atoms with Gasteiger partial charge in [0.2, 0.25) is 0 Å². The van der Waals surface area contributed by atoms with Crippen molar-refractivity contribution >= 4 is 60.5 Å². The highest BCUT2D eigenvalue weighted by Gasteiger charge is 2.23. The van der Waals surface area contributed by atoms with Crippen molar-refractivity contribution in [3.63, 3.8) is 0 Å². The number of para-hydroxylation sites is 2. The molecule has 1 heterocycles. The van der Waals surface area contributed by atoms with Crippen molar-refractivity contribution in [2.45, 2.75) is 0 Å². The number of hydrogen-bond acceptors (Lipinski definition) is 2. The van der Waals surface area contributed by atoms with Gasteiger partial charge in [0.1, 0.15) is 11.2 Å². The Kier molecular flexibility index (Phi) is 7.18. The quantitative estimate of drug-likeness (QED) is 0.176. The molecule has 0 fully saturated rings. The van der Waals surface area contributed by atoms with Gasteiger partial charge in [0.25, 0.3) is 0 Å². The second-order valence-electron chi connectivity index (χ2n) is 13.3. The maximum atomic E-state index is 6.78. The Labute approximate surface area is 302 Å². The summed E-state index contributed by atoms with van der Waals surface area (Å²) in [7, 11) is 0. The molecular formula is C50H33NO. The first-order valence-corrected chi connectivity index (χ1v) is 17.8. The van der Waals surface area contributed by atoms with Gasteiger partial charge in [0, 0.05) is 32.8 Å². The smallest absolute Gasteiger partial charge is 0.143 e. The summed E-state index contributed by atoms with van der Waals surface area (Å²) in [6.07, 6.45) is 0. The van der Waals surface area contributed by atoms with Crippen LogP contribution in [0.1, 0.15) is 0 Å². The molecule has 1 aromatic heterocycles. The summed E-state index contributed by atoms with van der Waals surface area (Å²) < 4.78 is 6.78. The third-order valence-corrected chi connectivity index (χ3v) is 10.2. The van der Waals surface area contributed by atoms with E-state index in [-0.39, 0.29) is 0 Å². The molecule has 0 radical (unpaired) electrons. The molecule has 0 aliphatic heterocycles. The van der Waals surface area contributed by atoms with E-state index >= 15 is 0 Å². The fourth-order valence-corrected chi connectivity index (χ4v) is 7.78. The molecule has 0 amide bonds.